The van der Waals surface area contributed by atoms with Crippen LogP contribution in [0, 0.1) is 12.7 Å². The van der Waals surface area contributed by atoms with Crippen molar-refractivity contribution in [2.75, 3.05) is 43.4 Å². The molecule has 13 heteroatoms. The Balaban J connectivity index is 1.66. The van der Waals surface area contributed by atoms with Crippen LogP contribution in [0.5, 0.6) is 0 Å². The lowest BCUT2D eigenvalue weighted by Gasteiger charge is -2.15. The van der Waals surface area contributed by atoms with Crippen LogP contribution < -0.4 is 16.0 Å². The fourth-order valence-electron chi connectivity index (χ4n) is 4.66. The molecule has 1 saturated heterocycles. The Morgan fingerprint density at radius 1 is 1.24 bits per heavy atom. The van der Waals surface area contributed by atoms with E-state index in [9.17, 15) is 32.3 Å². The van der Waals surface area contributed by atoms with Crippen molar-refractivity contribution in [1.29, 1.82) is 0 Å². The number of benzene rings is 1. The highest BCUT2D eigenvalue weighted by atomic mass is 19.4. The van der Waals surface area contributed by atoms with E-state index in [-0.39, 0.29) is 34.8 Å². The minimum atomic E-state index is -4.90. The van der Waals surface area contributed by atoms with Crippen LogP contribution in [-0.2, 0) is 11.0 Å². The summed E-state index contributed by atoms with van der Waals surface area (Å²) >= 11 is 0. The monoisotopic (exact) mass is 525 g/mol. The minimum Gasteiger partial charge on any atom is -0.387 e. The van der Waals surface area contributed by atoms with Gasteiger partial charge in [0.25, 0.3) is 5.91 Å². The number of alkyl halides is 3. The van der Waals surface area contributed by atoms with E-state index in [1.165, 1.54) is 6.92 Å². The zero-order valence-corrected chi connectivity index (χ0v) is 19.9. The largest absolute Gasteiger partial charge is 0.419 e. The molecule has 6 N–H and O–H groups in total. The van der Waals surface area contributed by atoms with Crippen molar-refractivity contribution in [3.63, 3.8) is 0 Å². The van der Waals surface area contributed by atoms with Crippen LogP contribution in [0.1, 0.15) is 45.7 Å². The third-order valence-electron chi connectivity index (χ3n) is 6.36. The molecule has 1 unspecified atom stereocenters. The zero-order valence-electron chi connectivity index (χ0n) is 19.9. The number of fused-ring (bicyclic) bond motifs is 1. The van der Waals surface area contributed by atoms with E-state index in [0.29, 0.717) is 6.54 Å². The summed E-state index contributed by atoms with van der Waals surface area (Å²) < 4.78 is 57.0. The Kier molecular flexibility index (Phi) is 7.57. The number of nitrogens with zero attached hydrogens (tertiary/aromatic N) is 1. The summed E-state index contributed by atoms with van der Waals surface area (Å²) in [6.45, 7) is 2.98. The standard InChI is InChI=1S/C24H27F4N5O4/c1-12-20(23(37)29-4-7-33-5-2-3-6-33)21(24(26,27)28)18(30-12)9-14-13-8-15(25)17(31-19(35)11-34)10-16(13)32-22(14)36/h8-10,22,30,32,34,36H,2-7,11H2,1H3,(H,29,37)(H,31,35)/b14-9-. The van der Waals surface area contributed by atoms with Crippen LogP contribution in [0.2, 0.25) is 0 Å². The number of likely N-dealkylation sites (tertiary alicyclic amines) is 1. The molecule has 2 aliphatic rings. The average Bonchev–Trinajstić information content (AvgIpc) is 3.52. The lowest BCUT2D eigenvalue weighted by Crippen LogP contribution is -2.34. The molecule has 2 aromatic rings. The molecule has 1 aromatic carbocycles. The van der Waals surface area contributed by atoms with Gasteiger partial charge in [-0.3, -0.25) is 9.59 Å². The molecule has 0 radical (unpaired) electrons. The summed E-state index contributed by atoms with van der Waals surface area (Å²) in [5.41, 5.74) is -2.32. The van der Waals surface area contributed by atoms with Crippen molar-refractivity contribution in [2.24, 2.45) is 0 Å². The van der Waals surface area contributed by atoms with Crippen molar-refractivity contribution in [2.45, 2.75) is 32.2 Å². The molecule has 0 bridgehead atoms. The predicted octanol–water partition coefficient (Wildman–Crippen LogP) is 2.52. The number of halogens is 4. The predicted molar refractivity (Wildman–Crippen MR) is 128 cm³/mol. The van der Waals surface area contributed by atoms with E-state index in [4.69, 9.17) is 5.11 Å². The Morgan fingerprint density at radius 2 is 1.95 bits per heavy atom. The molecule has 3 heterocycles. The number of amides is 2. The summed E-state index contributed by atoms with van der Waals surface area (Å²) in [4.78, 5) is 28.9. The van der Waals surface area contributed by atoms with Gasteiger partial charge in [0.15, 0.2) is 6.23 Å². The first-order valence-electron chi connectivity index (χ1n) is 11.7. The van der Waals surface area contributed by atoms with E-state index in [1.54, 1.807) is 0 Å². The van der Waals surface area contributed by atoms with Crippen molar-refractivity contribution in [3.05, 3.63) is 46.0 Å². The van der Waals surface area contributed by atoms with Gasteiger partial charge in [-0.25, -0.2) is 4.39 Å². The van der Waals surface area contributed by atoms with Crippen molar-refractivity contribution in [3.8, 4) is 0 Å². The molecule has 2 aliphatic heterocycles. The molecule has 1 atom stereocenters. The van der Waals surface area contributed by atoms with E-state index in [2.05, 4.69) is 25.8 Å². The maximum absolute atomic E-state index is 14.6. The van der Waals surface area contributed by atoms with Gasteiger partial charge in [-0.2, -0.15) is 13.2 Å². The number of rotatable bonds is 7. The SMILES string of the molecule is Cc1[nH]c(/C=C2/c3cc(F)c(NC(=O)CO)cc3NC2O)c(C(F)(F)F)c1C(=O)NCCN1CCCC1. The van der Waals surface area contributed by atoms with Crippen LogP contribution in [0.25, 0.3) is 11.6 Å². The zero-order chi connectivity index (χ0) is 26.9. The molecule has 1 aromatic heterocycles. The minimum absolute atomic E-state index is 0.00763. The molecule has 9 nitrogen and oxygen atoms in total. The van der Waals surface area contributed by atoms with Gasteiger partial charge < -0.3 is 36.0 Å². The Labute approximate surface area is 209 Å². The van der Waals surface area contributed by atoms with E-state index < -0.39 is 53.5 Å². The molecule has 0 aliphatic carbocycles. The number of aryl methyl sites for hydroxylation is 1. The molecule has 4 rings (SSSR count). The van der Waals surface area contributed by atoms with Gasteiger partial charge in [0.2, 0.25) is 5.91 Å². The van der Waals surface area contributed by atoms with Crippen molar-refractivity contribution in [1.82, 2.24) is 15.2 Å². The molecular formula is C24H27F4N5O4. The van der Waals surface area contributed by atoms with Gasteiger partial charge in [-0.1, -0.05) is 0 Å². The van der Waals surface area contributed by atoms with Gasteiger partial charge in [-0.05, 0) is 51.1 Å². The third kappa shape index (κ3) is 5.63. The summed E-state index contributed by atoms with van der Waals surface area (Å²) in [7, 11) is 0. The molecular weight excluding hydrogens is 498 g/mol. The highest BCUT2D eigenvalue weighted by Crippen LogP contribution is 2.42. The number of aliphatic hydroxyl groups is 2. The number of H-pyrrole nitrogens is 1. The van der Waals surface area contributed by atoms with Gasteiger partial charge in [0.05, 0.1) is 22.5 Å². The second-order valence-electron chi connectivity index (χ2n) is 8.95. The fraction of sp³-hybridized carbons (Fsp3) is 0.417. The van der Waals surface area contributed by atoms with E-state index in [1.807, 2.05) is 0 Å². The number of aromatic amines is 1. The lowest BCUT2D eigenvalue weighted by atomic mass is 10.0. The fourth-order valence-corrected chi connectivity index (χ4v) is 4.66. The topological polar surface area (TPSA) is 130 Å². The molecule has 1 fully saturated rings. The summed E-state index contributed by atoms with van der Waals surface area (Å²) in [6, 6.07) is 2.11. The lowest BCUT2D eigenvalue weighted by molar-refractivity contribution is -0.138. The van der Waals surface area contributed by atoms with Crippen molar-refractivity contribution >= 4 is 34.8 Å². The van der Waals surface area contributed by atoms with Gasteiger partial charge in [0.1, 0.15) is 12.4 Å². The first-order chi connectivity index (χ1) is 17.5. The maximum atomic E-state index is 14.6. The van der Waals surface area contributed by atoms with Crippen molar-refractivity contribution < 1.29 is 37.4 Å². The van der Waals surface area contributed by atoms with Gasteiger partial charge in [-0.15, -0.1) is 0 Å². The summed E-state index contributed by atoms with van der Waals surface area (Å²) in [5.74, 6) is -2.65. The Hall–Kier alpha value is -3.42. The molecule has 0 saturated carbocycles. The number of nitrogens with one attached hydrogen (secondary N) is 4. The number of anilines is 2. The number of hydrogen-bond donors (Lipinski definition) is 6. The van der Waals surface area contributed by atoms with Crippen LogP contribution in [0.15, 0.2) is 12.1 Å². The smallest absolute Gasteiger partial charge is 0.387 e. The van der Waals surface area contributed by atoms with E-state index >= 15 is 0 Å². The normalized spacial score (nSPS) is 18.7. The highest BCUT2D eigenvalue weighted by molar-refractivity contribution is 6.01. The van der Waals surface area contributed by atoms with Crippen LogP contribution in [-0.4, -0.2) is 70.9 Å². The summed E-state index contributed by atoms with van der Waals surface area (Å²) in [6.07, 6.45) is -3.27. The summed E-state index contributed by atoms with van der Waals surface area (Å²) in [5, 5.41) is 26.6. The maximum Gasteiger partial charge on any atom is 0.419 e. The quantitative estimate of drug-likeness (QED) is 0.308. The molecule has 2 amide bonds. The average molecular weight is 526 g/mol. The second-order valence-corrected chi connectivity index (χ2v) is 8.95. The number of aromatic nitrogens is 1. The van der Waals surface area contributed by atoms with Crippen LogP contribution in [0.4, 0.5) is 28.9 Å². The van der Waals surface area contributed by atoms with Gasteiger partial charge >= 0.3 is 6.18 Å². The number of carbonyl (C=O) groups is 2. The Morgan fingerprint density at radius 3 is 2.59 bits per heavy atom. The van der Waals surface area contributed by atoms with E-state index in [0.717, 1.165) is 44.1 Å². The van der Waals surface area contributed by atoms with Gasteiger partial charge in [0, 0.05) is 35.6 Å². The molecule has 37 heavy (non-hydrogen) atoms. The first-order valence-corrected chi connectivity index (χ1v) is 11.7. The van der Waals surface area contributed by atoms with Crippen LogP contribution in [0.3, 0.4) is 0 Å². The number of aliphatic hydroxyl groups excluding tert-OH is 2. The first kappa shape index (κ1) is 26.6. The van der Waals surface area contributed by atoms with Crippen LogP contribution >= 0.6 is 0 Å². The number of hydrogen-bond acceptors (Lipinski definition) is 6. The Bertz CT molecular complexity index is 1230. The highest BCUT2D eigenvalue weighted by Gasteiger charge is 2.41. The third-order valence-corrected chi connectivity index (χ3v) is 6.36. The second kappa shape index (κ2) is 10.5. The number of carbonyl (C=O) groups excluding carboxylic acids is 2. The molecule has 200 valence electrons. The molecule has 0 spiro atoms.